The van der Waals surface area contributed by atoms with E-state index < -0.39 is 5.97 Å². The molecule has 1 aromatic rings. The second-order valence-electron chi connectivity index (χ2n) is 5.23. The second kappa shape index (κ2) is 7.11. The first-order valence-corrected chi connectivity index (χ1v) is 7.38. The topological polar surface area (TPSA) is 66.8 Å². The van der Waals surface area contributed by atoms with Crippen LogP contribution in [0.5, 0.6) is 5.75 Å². The van der Waals surface area contributed by atoms with E-state index in [1.807, 2.05) is 4.90 Å². The number of carboxylic acid groups (broad SMARTS) is 1. The van der Waals surface area contributed by atoms with Gasteiger partial charge in [0.1, 0.15) is 11.3 Å². The van der Waals surface area contributed by atoms with E-state index in [0.29, 0.717) is 0 Å². The molecule has 2 rings (SSSR count). The van der Waals surface area contributed by atoms with Crippen molar-refractivity contribution in [3.05, 3.63) is 29.8 Å². The van der Waals surface area contributed by atoms with E-state index in [4.69, 9.17) is 9.84 Å². The predicted molar refractivity (Wildman–Crippen MR) is 78.5 cm³/mol. The van der Waals surface area contributed by atoms with Gasteiger partial charge in [-0.2, -0.15) is 0 Å². The Hall–Kier alpha value is -2.04. The van der Waals surface area contributed by atoms with Crippen molar-refractivity contribution in [2.75, 3.05) is 13.2 Å². The maximum Gasteiger partial charge on any atom is 0.339 e. The van der Waals surface area contributed by atoms with E-state index >= 15 is 0 Å². The Kier molecular flexibility index (Phi) is 5.20. The third kappa shape index (κ3) is 3.74. The van der Waals surface area contributed by atoms with Gasteiger partial charge < -0.3 is 14.7 Å². The number of carboxylic acids is 1. The van der Waals surface area contributed by atoms with Crippen LogP contribution in [0, 0.1) is 0 Å². The number of carbonyl (C=O) groups is 2. The standard InChI is InChI=1S/C16H21NO4/c1-2-12-7-5-6-10-17(12)15(18)11-21-14-9-4-3-8-13(14)16(19)20/h3-4,8-9,12H,2,5-7,10-11H2,1H3,(H,19,20). The zero-order chi connectivity index (χ0) is 15.2. The number of benzene rings is 1. The van der Waals surface area contributed by atoms with Crippen LogP contribution in [0.25, 0.3) is 0 Å². The maximum absolute atomic E-state index is 12.3. The van der Waals surface area contributed by atoms with Gasteiger partial charge in [-0.15, -0.1) is 0 Å². The SMILES string of the molecule is CCC1CCCCN1C(=O)COc1ccccc1C(=O)O. The summed E-state index contributed by atoms with van der Waals surface area (Å²) in [5.41, 5.74) is 0.0796. The quantitative estimate of drug-likeness (QED) is 0.905. The van der Waals surface area contributed by atoms with Crippen molar-refractivity contribution in [2.24, 2.45) is 0 Å². The molecule has 21 heavy (non-hydrogen) atoms. The molecule has 1 amide bonds. The Morgan fingerprint density at radius 3 is 2.81 bits per heavy atom. The Labute approximate surface area is 124 Å². The van der Waals surface area contributed by atoms with E-state index in [0.717, 1.165) is 32.2 Å². The molecule has 5 heteroatoms. The number of amides is 1. The first-order valence-electron chi connectivity index (χ1n) is 7.38. The molecule has 0 aromatic heterocycles. The van der Waals surface area contributed by atoms with E-state index in [1.54, 1.807) is 18.2 Å². The highest BCUT2D eigenvalue weighted by molar-refractivity contribution is 5.91. The molecular weight excluding hydrogens is 270 g/mol. The van der Waals surface area contributed by atoms with Crippen molar-refractivity contribution < 1.29 is 19.4 Å². The number of hydrogen-bond acceptors (Lipinski definition) is 3. The number of nitrogens with zero attached hydrogens (tertiary/aromatic N) is 1. The Morgan fingerprint density at radius 2 is 2.10 bits per heavy atom. The number of carbonyl (C=O) groups excluding carboxylic acids is 1. The molecule has 114 valence electrons. The summed E-state index contributed by atoms with van der Waals surface area (Å²) in [7, 11) is 0. The molecule has 0 bridgehead atoms. The van der Waals surface area contributed by atoms with Gasteiger partial charge in [0.2, 0.25) is 0 Å². The zero-order valence-electron chi connectivity index (χ0n) is 12.2. The fourth-order valence-electron chi connectivity index (χ4n) is 2.74. The minimum absolute atomic E-state index is 0.0678. The van der Waals surface area contributed by atoms with Crippen LogP contribution < -0.4 is 4.74 Å². The first-order chi connectivity index (χ1) is 10.1. The predicted octanol–water partition coefficient (Wildman–Crippen LogP) is 2.55. The van der Waals surface area contributed by atoms with Crippen LogP contribution in [-0.2, 0) is 4.79 Å². The number of para-hydroxylation sites is 1. The molecule has 1 fully saturated rings. The highest BCUT2D eigenvalue weighted by Gasteiger charge is 2.25. The summed E-state index contributed by atoms with van der Waals surface area (Å²) in [6, 6.07) is 6.66. The Bertz CT molecular complexity index is 515. The fraction of sp³-hybridized carbons (Fsp3) is 0.500. The van der Waals surface area contributed by atoms with E-state index in [9.17, 15) is 9.59 Å². The molecule has 0 saturated carbocycles. The van der Waals surface area contributed by atoms with Crippen LogP contribution in [0.2, 0.25) is 0 Å². The summed E-state index contributed by atoms with van der Waals surface area (Å²) >= 11 is 0. The van der Waals surface area contributed by atoms with Gasteiger partial charge in [0.05, 0.1) is 0 Å². The van der Waals surface area contributed by atoms with Gasteiger partial charge in [0.15, 0.2) is 6.61 Å². The van der Waals surface area contributed by atoms with Gasteiger partial charge >= 0.3 is 5.97 Å². The molecule has 1 aromatic carbocycles. The maximum atomic E-state index is 12.3. The van der Waals surface area contributed by atoms with Gasteiger partial charge in [-0.1, -0.05) is 19.1 Å². The summed E-state index contributed by atoms with van der Waals surface area (Å²) in [4.78, 5) is 25.2. The summed E-state index contributed by atoms with van der Waals surface area (Å²) in [6.45, 7) is 2.74. The molecule has 1 atom stereocenters. The number of hydrogen-bond donors (Lipinski definition) is 1. The van der Waals surface area contributed by atoms with Crippen molar-refractivity contribution in [1.82, 2.24) is 4.90 Å². The summed E-state index contributed by atoms with van der Waals surface area (Å²) in [5.74, 6) is -0.882. The average Bonchev–Trinajstić information content (AvgIpc) is 2.52. The third-order valence-electron chi connectivity index (χ3n) is 3.89. The van der Waals surface area contributed by atoms with E-state index in [-0.39, 0.29) is 29.9 Å². The van der Waals surface area contributed by atoms with Crippen LogP contribution in [0.3, 0.4) is 0 Å². The largest absolute Gasteiger partial charge is 0.483 e. The molecular formula is C16H21NO4. The molecule has 0 radical (unpaired) electrons. The lowest BCUT2D eigenvalue weighted by atomic mass is 10.00. The van der Waals surface area contributed by atoms with Gasteiger partial charge in [-0.25, -0.2) is 4.79 Å². The van der Waals surface area contributed by atoms with Crippen LogP contribution in [0.1, 0.15) is 43.0 Å². The normalized spacial score (nSPS) is 18.3. The summed E-state index contributed by atoms with van der Waals surface area (Å²) < 4.78 is 5.43. The average molecular weight is 291 g/mol. The molecule has 0 spiro atoms. The molecule has 5 nitrogen and oxygen atoms in total. The molecule has 1 saturated heterocycles. The van der Waals surface area contributed by atoms with Crippen molar-refractivity contribution >= 4 is 11.9 Å². The van der Waals surface area contributed by atoms with Crippen molar-refractivity contribution in [2.45, 2.75) is 38.6 Å². The number of likely N-dealkylation sites (tertiary alicyclic amines) is 1. The molecule has 1 N–H and O–H groups in total. The second-order valence-corrected chi connectivity index (χ2v) is 5.23. The van der Waals surface area contributed by atoms with Gasteiger partial charge in [0.25, 0.3) is 5.91 Å². The van der Waals surface area contributed by atoms with Crippen molar-refractivity contribution in [3.8, 4) is 5.75 Å². The lowest BCUT2D eigenvalue weighted by molar-refractivity contribution is -0.137. The van der Waals surface area contributed by atoms with Gasteiger partial charge in [-0.3, -0.25) is 4.79 Å². The number of aromatic carboxylic acids is 1. The minimum Gasteiger partial charge on any atom is -0.483 e. The summed E-state index contributed by atoms with van der Waals surface area (Å²) in [6.07, 6.45) is 4.16. The van der Waals surface area contributed by atoms with Crippen LogP contribution >= 0.6 is 0 Å². The molecule has 1 unspecified atom stereocenters. The summed E-state index contributed by atoms with van der Waals surface area (Å²) in [5, 5.41) is 9.08. The molecule has 1 aliphatic heterocycles. The number of piperidine rings is 1. The van der Waals surface area contributed by atoms with Gasteiger partial charge in [0, 0.05) is 12.6 Å². The smallest absolute Gasteiger partial charge is 0.339 e. The zero-order valence-corrected chi connectivity index (χ0v) is 12.2. The lowest BCUT2D eigenvalue weighted by Crippen LogP contribution is -2.45. The number of rotatable bonds is 5. The van der Waals surface area contributed by atoms with Crippen LogP contribution in [-0.4, -0.2) is 41.1 Å². The molecule has 1 aliphatic rings. The van der Waals surface area contributed by atoms with E-state index in [2.05, 4.69) is 6.92 Å². The Balaban J connectivity index is 1.99. The van der Waals surface area contributed by atoms with Crippen molar-refractivity contribution in [3.63, 3.8) is 0 Å². The first kappa shape index (κ1) is 15.4. The van der Waals surface area contributed by atoms with Crippen LogP contribution in [0.4, 0.5) is 0 Å². The highest BCUT2D eigenvalue weighted by Crippen LogP contribution is 2.21. The third-order valence-corrected chi connectivity index (χ3v) is 3.89. The van der Waals surface area contributed by atoms with E-state index in [1.165, 1.54) is 6.07 Å². The Morgan fingerprint density at radius 1 is 1.33 bits per heavy atom. The fourth-order valence-corrected chi connectivity index (χ4v) is 2.74. The molecule has 0 aliphatic carbocycles. The van der Waals surface area contributed by atoms with Gasteiger partial charge in [-0.05, 0) is 37.8 Å². The van der Waals surface area contributed by atoms with Crippen molar-refractivity contribution in [1.29, 1.82) is 0 Å². The number of ether oxygens (including phenoxy) is 1. The minimum atomic E-state index is -1.05. The van der Waals surface area contributed by atoms with Crippen LogP contribution in [0.15, 0.2) is 24.3 Å². The molecule has 1 heterocycles. The highest BCUT2D eigenvalue weighted by atomic mass is 16.5. The lowest BCUT2D eigenvalue weighted by Gasteiger charge is -2.35. The monoisotopic (exact) mass is 291 g/mol.